The Morgan fingerprint density at radius 3 is 2.80 bits per heavy atom. The minimum Gasteiger partial charge on any atom is -0.378 e. The molecule has 0 aliphatic carbocycles. The summed E-state index contributed by atoms with van der Waals surface area (Å²) in [7, 11) is 0. The lowest BCUT2D eigenvalue weighted by molar-refractivity contribution is -0.132. The fourth-order valence-electron chi connectivity index (χ4n) is 3.23. The summed E-state index contributed by atoms with van der Waals surface area (Å²) in [5.74, 6) is 0.224. The van der Waals surface area contributed by atoms with Crippen LogP contribution in [0.15, 0.2) is 24.3 Å². The number of amides is 1. The number of thiazole rings is 1. The predicted molar refractivity (Wildman–Crippen MR) is 103 cm³/mol. The van der Waals surface area contributed by atoms with Gasteiger partial charge in [0.15, 0.2) is 5.13 Å². The highest BCUT2D eigenvalue weighted by Gasteiger charge is 2.25. The second-order valence-electron chi connectivity index (χ2n) is 6.26. The minimum atomic E-state index is 0. The average molecular weight is 383 g/mol. The van der Waals surface area contributed by atoms with E-state index in [2.05, 4.69) is 16.3 Å². The maximum absolute atomic E-state index is 12.4. The van der Waals surface area contributed by atoms with Crippen molar-refractivity contribution >= 4 is 45.0 Å². The van der Waals surface area contributed by atoms with Gasteiger partial charge in [-0.25, -0.2) is 4.98 Å². The van der Waals surface area contributed by atoms with Gasteiger partial charge in [0.2, 0.25) is 5.91 Å². The molecular formula is C17H23ClN4O2S. The maximum atomic E-state index is 12.4. The molecule has 1 amide bonds. The van der Waals surface area contributed by atoms with E-state index in [-0.39, 0.29) is 24.4 Å². The molecule has 2 fully saturated rings. The van der Waals surface area contributed by atoms with Crippen molar-refractivity contribution < 1.29 is 9.53 Å². The van der Waals surface area contributed by atoms with Crippen molar-refractivity contribution in [1.82, 2.24) is 15.2 Å². The smallest absolute Gasteiger partial charge is 0.224 e. The van der Waals surface area contributed by atoms with Gasteiger partial charge in [0.25, 0.3) is 0 Å². The topological polar surface area (TPSA) is 57.7 Å². The number of carbonyl (C=O) groups is 1. The Bertz CT molecular complexity index is 678. The third-order valence-corrected chi connectivity index (χ3v) is 5.70. The predicted octanol–water partition coefficient (Wildman–Crippen LogP) is 1.75. The number of hydrogen-bond acceptors (Lipinski definition) is 6. The Kier molecular flexibility index (Phi) is 6.11. The lowest BCUT2D eigenvalue weighted by Gasteiger charge is -2.35. The van der Waals surface area contributed by atoms with Gasteiger partial charge < -0.3 is 19.9 Å². The number of carbonyl (C=O) groups excluding carboxylic acids is 1. The van der Waals surface area contributed by atoms with Crippen LogP contribution in [0.4, 0.5) is 5.13 Å². The summed E-state index contributed by atoms with van der Waals surface area (Å²) in [6, 6.07) is 8.38. The van der Waals surface area contributed by atoms with Gasteiger partial charge in [-0.2, -0.15) is 0 Å². The van der Waals surface area contributed by atoms with Gasteiger partial charge in [-0.3, -0.25) is 4.79 Å². The quantitative estimate of drug-likeness (QED) is 0.876. The molecule has 1 aromatic carbocycles. The molecule has 25 heavy (non-hydrogen) atoms. The lowest BCUT2D eigenvalue weighted by Crippen LogP contribution is -2.51. The van der Waals surface area contributed by atoms with Crippen LogP contribution in [0.2, 0.25) is 0 Å². The number of piperazine rings is 1. The van der Waals surface area contributed by atoms with Crippen molar-refractivity contribution in [3.05, 3.63) is 24.3 Å². The first-order valence-electron chi connectivity index (χ1n) is 8.49. The first-order chi connectivity index (χ1) is 11.8. The molecule has 0 bridgehead atoms. The highest BCUT2D eigenvalue weighted by Crippen LogP contribution is 2.29. The van der Waals surface area contributed by atoms with E-state index < -0.39 is 0 Å². The van der Waals surface area contributed by atoms with Crippen LogP contribution in [0, 0.1) is 0 Å². The fourth-order valence-corrected chi connectivity index (χ4v) is 4.25. The summed E-state index contributed by atoms with van der Waals surface area (Å²) in [4.78, 5) is 21.4. The van der Waals surface area contributed by atoms with Crippen LogP contribution in [0.3, 0.4) is 0 Å². The number of aromatic nitrogens is 1. The van der Waals surface area contributed by atoms with E-state index in [0.717, 1.165) is 50.0 Å². The van der Waals surface area contributed by atoms with Gasteiger partial charge in [0, 0.05) is 45.2 Å². The number of benzene rings is 1. The number of rotatable bonds is 3. The van der Waals surface area contributed by atoms with E-state index >= 15 is 0 Å². The van der Waals surface area contributed by atoms with Crippen molar-refractivity contribution in [2.24, 2.45) is 0 Å². The van der Waals surface area contributed by atoms with Crippen LogP contribution >= 0.6 is 23.7 Å². The Morgan fingerprint density at radius 2 is 2.08 bits per heavy atom. The summed E-state index contributed by atoms with van der Waals surface area (Å²) in [5, 5.41) is 4.41. The molecule has 2 aliphatic rings. The first-order valence-corrected chi connectivity index (χ1v) is 9.31. The number of para-hydroxylation sites is 1. The molecule has 2 aliphatic heterocycles. The summed E-state index contributed by atoms with van der Waals surface area (Å²) < 4.78 is 6.64. The number of ether oxygens (including phenoxy) is 1. The largest absolute Gasteiger partial charge is 0.378 e. The third kappa shape index (κ3) is 4.23. The van der Waals surface area contributed by atoms with Crippen molar-refractivity contribution in [2.45, 2.75) is 12.5 Å². The van der Waals surface area contributed by atoms with Crippen LogP contribution < -0.4 is 10.2 Å². The van der Waals surface area contributed by atoms with Gasteiger partial charge in [-0.05, 0) is 12.1 Å². The van der Waals surface area contributed by atoms with E-state index in [1.807, 2.05) is 23.1 Å². The average Bonchev–Trinajstić information content (AvgIpc) is 3.07. The molecule has 4 rings (SSSR count). The summed E-state index contributed by atoms with van der Waals surface area (Å²) in [6.45, 7) is 5.44. The van der Waals surface area contributed by atoms with Gasteiger partial charge in [-0.15, -0.1) is 12.4 Å². The number of anilines is 1. The van der Waals surface area contributed by atoms with Crippen LogP contribution in [-0.4, -0.2) is 67.8 Å². The number of halogens is 1. The molecule has 136 valence electrons. The molecule has 1 aromatic heterocycles. The monoisotopic (exact) mass is 382 g/mol. The molecule has 3 heterocycles. The SMILES string of the molecule is Cl.O=C(CC1COCCN1)N1CCN(c2nc3ccccc3s2)CC1. The zero-order valence-corrected chi connectivity index (χ0v) is 15.7. The molecule has 0 saturated carbocycles. The highest BCUT2D eigenvalue weighted by molar-refractivity contribution is 7.22. The van der Waals surface area contributed by atoms with E-state index in [4.69, 9.17) is 9.72 Å². The fraction of sp³-hybridized carbons (Fsp3) is 0.529. The molecule has 0 radical (unpaired) electrons. The molecule has 8 heteroatoms. The molecule has 0 spiro atoms. The molecule has 1 unspecified atom stereocenters. The molecule has 1 N–H and O–H groups in total. The standard InChI is InChI=1S/C17H22N4O2S.ClH/c22-16(11-13-12-23-10-5-18-13)20-6-8-21(9-7-20)17-19-14-3-1-2-4-15(14)24-17;/h1-4,13,18H,5-12H2;1H. The highest BCUT2D eigenvalue weighted by atomic mass is 35.5. The minimum absolute atomic E-state index is 0. The van der Waals surface area contributed by atoms with Gasteiger partial charge in [0.05, 0.1) is 23.4 Å². The Labute approximate surface area is 157 Å². The van der Waals surface area contributed by atoms with Gasteiger partial charge >= 0.3 is 0 Å². The number of hydrogen-bond donors (Lipinski definition) is 1. The van der Waals surface area contributed by atoms with Crippen LogP contribution in [0.25, 0.3) is 10.2 Å². The molecule has 2 aromatic rings. The summed E-state index contributed by atoms with van der Waals surface area (Å²) in [6.07, 6.45) is 0.529. The van der Waals surface area contributed by atoms with Crippen molar-refractivity contribution in [1.29, 1.82) is 0 Å². The van der Waals surface area contributed by atoms with E-state index in [9.17, 15) is 4.79 Å². The number of morpholine rings is 1. The molecule has 2 saturated heterocycles. The number of nitrogens with zero attached hydrogens (tertiary/aromatic N) is 3. The molecular weight excluding hydrogens is 360 g/mol. The normalized spacial score (nSPS) is 21.2. The number of nitrogens with one attached hydrogen (secondary N) is 1. The first kappa shape index (κ1) is 18.4. The summed E-state index contributed by atoms with van der Waals surface area (Å²) in [5.41, 5.74) is 1.05. The molecule has 6 nitrogen and oxygen atoms in total. The van der Waals surface area contributed by atoms with Crippen LogP contribution in [0.5, 0.6) is 0 Å². The Balaban J connectivity index is 0.00000182. The van der Waals surface area contributed by atoms with Gasteiger partial charge in [0.1, 0.15) is 0 Å². The molecule has 1 atom stereocenters. The lowest BCUT2D eigenvalue weighted by atomic mass is 10.1. The van der Waals surface area contributed by atoms with E-state index in [1.165, 1.54) is 4.70 Å². The second kappa shape index (κ2) is 8.31. The van der Waals surface area contributed by atoms with Crippen LogP contribution in [0.1, 0.15) is 6.42 Å². The van der Waals surface area contributed by atoms with Crippen LogP contribution in [-0.2, 0) is 9.53 Å². The van der Waals surface area contributed by atoms with Crippen molar-refractivity contribution in [3.63, 3.8) is 0 Å². The van der Waals surface area contributed by atoms with Crippen molar-refractivity contribution in [2.75, 3.05) is 50.8 Å². The van der Waals surface area contributed by atoms with E-state index in [0.29, 0.717) is 13.0 Å². The zero-order valence-electron chi connectivity index (χ0n) is 14.0. The van der Waals surface area contributed by atoms with Crippen molar-refractivity contribution in [3.8, 4) is 0 Å². The number of fused-ring (bicyclic) bond motifs is 1. The Hall–Kier alpha value is -1.41. The third-order valence-electron chi connectivity index (χ3n) is 4.60. The maximum Gasteiger partial charge on any atom is 0.224 e. The van der Waals surface area contributed by atoms with Gasteiger partial charge in [-0.1, -0.05) is 23.5 Å². The van der Waals surface area contributed by atoms with E-state index in [1.54, 1.807) is 11.3 Å². The zero-order chi connectivity index (χ0) is 16.4. The Morgan fingerprint density at radius 1 is 1.28 bits per heavy atom. The second-order valence-corrected chi connectivity index (χ2v) is 7.27. The summed E-state index contributed by atoms with van der Waals surface area (Å²) >= 11 is 1.73.